The number of amides is 1. The van der Waals surface area contributed by atoms with Gasteiger partial charge in [-0.25, -0.2) is 4.79 Å². The molecular weight excluding hydrogens is 328 g/mol. The van der Waals surface area contributed by atoms with Gasteiger partial charge in [0, 0.05) is 19.5 Å². The number of benzene rings is 2. The van der Waals surface area contributed by atoms with Gasteiger partial charge in [-0.1, -0.05) is 36.4 Å². The average molecular weight is 352 g/mol. The summed E-state index contributed by atoms with van der Waals surface area (Å²) in [5.74, 6) is -0.413. The summed E-state index contributed by atoms with van der Waals surface area (Å²) in [6.45, 7) is 0. The number of methoxy groups -OCH3 is 1. The van der Waals surface area contributed by atoms with E-state index in [1.807, 2.05) is 18.2 Å². The molecule has 0 aliphatic carbocycles. The highest BCUT2D eigenvalue weighted by molar-refractivity contribution is 5.96. The van der Waals surface area contributed by atoms with E-state index in [0.717, 1.165) is 18.4 Å². The third-order valence-electron chi connectivity index (χ3n) is 4.10. The van der Waals surface area contributed by atoms with E-state index in [4.69, 9.17) is 5.73 Å². The SMILES string of the molecule is COC(=O)/C=C/c1ccc(N(C)C(=O)CCCc2ccccc2)c(N)c1. The zero-order chi connectivity index (χ0) is 18.9. The molecule has 0 saturated carbocycles. The average Bonchev–Trinajstić information content (AvgIpc) is 2.66. The molecule has 0 aliphatic rings. The molecule has 0 radical (unpaired) electrons. The van der Waals surface area contributed by atoms with Crippen LogP contribution >= 0.6 is 0 Å². The van der Waals surface area contributed by atoms with Gasteiger partial charge < -0.3 is 15.4 Å². The Morgan fingerprint density at radius 2 is 1.88 bits per heavy atom. The smallest absolute Gasteiger partial charge is 0.330 e. The number of rotatable bonds is 7. The zero-order valence-electron chi connectivity index (χ0n) is 15.1. The van der Waals surface area contributed by atoms with Crippen LogP contribution in [-0.4, -0.2) is 26.0 Å². The second-order valence-corrected chi connectivity index (χ2v) is 5.97. The van der Waals surface area contributed by atoms with E-state index in [0.29, 0.717) is 17.8 Å². The van der Waals surface area contributed by atoms with Crippen LogP contribution in [0.15, 0.2) is 54.6 Å². The third kappa shape index (κ3) is 5.48. The van der Waals surface area contributed by atoms with Crippen LogP contribution in [0.2, 0.25) is 0 Å². The van der Waals surface area contributed by atoms with Gasteiger partial charge in [0.2, 0.25) is 5.91 Å². The molecule has 2 aromatic carbocycles. The van der Waals surface area contributed by atoms with E-state index in [1.54, 1.807) is 36.2 Å². The van der Waals surface area contributed by atoms with E-state index in [2.05, 4.69) is 16.9 Å². The first-order valence-corrected chi connectivity index (χ1v) is 8.47. The van der Waals surface area contributed by atoms with E-state index >= 15 is 0 Å². The Morgan fingerprint density at radius 1 is 1.15 bits per heavy atom. The highest BCUT2D eigenvalue weighted by Crippen LogP contribution is 2.25. The summed E-state index contributed by atoms with van der Waals surface area (Å²) in [4.78, 5) is 25.1. The Labute approximate surface area is 154 Å². The van der Waals surface area contributed by atoms with Gasteiger partial charge >= 0.3 is 5.97 Å². The molecular formula is C21H24N2O3. The Hall–Kier alpha value is -3.08. The summed E-state index contributed by atoms with van der Waals surface area (Å²) < 4.78 is 4.56. The number of nitrogens with zero attached hydrogens (tertiary/aromatic N) is 1. The monoisotopic (exact) mass is 352 g/mol. The van der Waals surface area contributed by atoms with E-state index in [1.165, 1.54) is 18.7 Å². The van der Waals surface area contributed by atoms with Crippen LogP contribution in [0.5, 0.6) is 0 Å². The lowest BCUT2D eigenvalue weighted by molar-refractivity contribution is -0.134. The van der Waals surface area contributed by atoms with Crippen molar-refractivity contribution in [2.45, 2.75) is 19.3 Å². The van der Waals surface area contributed by atoms with Gasteiger partial charge in [0.1, 0.15) is 0 Å². The summed E-state index contributed by atoms with van der Waals surface area (Å²) >= 11 is 0. The molecule has 0 spiro atoms. The number of hydrogen-bond donors (Lipinski definition) is 1. The second-order valence-electron chi connectivity index (χ2n) is 5.97. The maximum absolute atomic E-state index is 12.4. The maximum atomic E-state index is 12.4. The quantitative estimate of drug-likeness (QED) is 0.471. The van der Waals surface area contributed by atoms with Crippen molar-refractivity contribution in [2.75, 3.05) is 24.8 Å². The van der Waals surface area contributed by atoms with Crippen molar-refractivity contribution >= 4 is 29.3 Å². The number of nitrogen functional groups attached to an aromatic ring is 1. The number of esters is 1. The molecule has 136 valence electrons. The van der Waals surface area contributed by atoms with Crippen molar-refractivity contribution in [1.29, 1.82) is 0 Å². The minimum Gasteiger partial charge on any atom is -0.466 e. The van der Waals surface area contributed by atoms with Crippen LogP contribution in [0.1, 0.15) is 24.0 Å². The Kier molecular flexibility index (Phi) is 6.97. The minimum absolute atomic E-state index is 0.0190. The van der Waals surface area contributed by atoms with Crippen molar-refractivity contribution < 1.29 is 14.3 Å². The van der Waals surface area contributed by atoms with Crippen molar-refractivity contribution in [2.24, 2.45) is 0 Å². The second kappa shape index (κ2) is 9.42. The first-order chi connectivity index (χ1) is 12.5. The molecule has 0 heterocycles. The summed E-state index contributed by atoms with van der Waals surface area (Å²) in [6.07, 6.45) is 5.05. The maximum Gasteiger partial charge on any atom is 0.330 e. The van der Waals surface area contributed by atoms with Crippen LogP contribution < -0.4 is 10.6 Å². The van der Waals surface area contributed by atoms with Crippen molar-refractivity contribution in [1.82, 2.24) is 0 Å². The van der Waals surface area contributed by atoms with Gasteiger partial charge in [-0.2, -0.15) is 0 Å². The number of hydrogen-bond acceptors (Lipinski definition) is 4. The predicted octanol–water partition coefficient (Wildman–Crippen LogP) is 3.44. The Bertz CT molecular complexity index is 785. The van der Waals surface area contributed by atoms with Gasteiger partial charge in [-0.3, -0.25) is 4.79 Å². The van der Waals surface area contributed by atoms with Gasteiger partial charge in [0.15, 0.2) is 0 Å². The van der Waals surface area contributed by atoms with Gasteiger partial charge in [0.25, 0.3) is 0 Å². The van der Waals surface area contributed by atoms with Crippen LogP contribution in [0, 0.1) is 0 Å². The van der Waals surface area contributed by atoms with E-state index < -0.39 is 5.97 Å². The molecule has 1 amide bonds. The predicted molar refractivity (Wildman–Crippen MR) is 105 cm³/mol. The molecule has 0 unspecified atom stereocenters. The number of aryl methyl sites for hydroxylation is 1. The minimum atomic E-state index is -0.432. The number of nitrogens with two attached hydrogens (primary N) is 1. The fourth-order valence-electron chi connectivity index (χ4n) is 2.60. The van der Waals surface area contributed by atoms with Crippen LogP contribution in [0.4, 0.5) is 11.4 Å². The molecule has 0 atom stereocenters. The highest BCUT2D eigenvalue weighted by Gasteiger charge is 2.13. The van der Waals surface area contributed by atoms with Crippen molar-refractivity contribution in [3.63, 3.8) is 0 Å². The lowest BCUT2D eigenvalue weighted by atomic mass is 10.1. The van der Waals surface area contributed by atoms with Crippen molar-refractivity contribution in [3.8, 4) is 0 Å². The molecule has 0 aliphatic heterocycles. The zero-order valence-corrected chi connectivity index (χ0v) is 15.1. The van der Waals surface area contributed by atoms with Crippen LogP contribution in [0.25, 0.3) is 6.08 Å². The summed E-state index contributed by atoms with van der Waals surface area (Å²) in [7, 11) is 3.04. The number of carbonyl (C=O) groups excluding carboxylic acids is 2. The molecule has 2 N–H and O–H groups in total. The van der Waals surface area contributed by atoms with E-state index in [-0.39, 0.29) is 5.91 Å². The van der Waals surface area contributed by atoms with Gasteiger partial charge in [-0.15, -0.1) is 0 Å². The van der Waals surface area contributed by atoms with Crippen molar-refractivity contribution in [3.05, 3.63) is 65.7 Å². The number of ether oxygens (including phenoxy) is 1. The first-order valence-electron chi connectivity index (χ1n) is 8.47. The molecule has 0 aromatic heterocycles. The van der Waals surface area contributed by atoms with Gasteiger partial charge in [-0.05, 0) is 42.2 Å². The fraction of sp³-hybridized carbons (Fsp3) is 0.238. The molecule has 0 saturated heterocycles. The summed E-state index contributed by atoms with van der Waals surface area (Å²) in [6, 6.07) is 15.4. The molecule has 2 rings (SSSR count). The fourth-order valence-corrected chi connectivity index (χ4v) is 2.60. The van der Waals surface area contributed by atoms with Crippen LogP contribution in [0.3, 0.4) is 0 Å². The third-order valence-corrected chi connectivity index (χ3v) is 4.10. The molecule has 0 bridgehead atoms. The summed E-state index contributed by atoms with van der Waals surface area (Å²) in [5, 5.41) is 0. The molecule has 5 heteroatoms. The topological polar surface area (TPSA) is 72.6 Å². The van der Waals surface area contributed by atoms with Crippen LogP contribution in [-0.2, 0) is 20.7 Å². The molecule has 0 fully saturated rings. The standard InChI is InChI=1S/C21H24N2O3/c1-23(20(24)10-6-9-16-7-4-3-5-8-16)19-13-11-17(15-18(19)22)12-14-21(25)26-2/h3-5,7-8,11-15H,6,9-10,22H2,1-2H3/b14-12+. The van der Waals surface area contributed by atoms with E-state index in [9.17, 15) is 9.59 Å². The number of carbonyl (C=O) groups is 2. The Balaban J connectivity index is 1.95. The Morgan fingerprint density at radius 3 is 2.54 bits per heavy atom. The summed E-state index contributed by atoms with van der Waals surface area (Å²) in [5.41, 5.74) is 9.21. The lowest BCUT2D eigenvalue weighted by Gasteiger charge is -2.19. The lowest BCUT2D eigenvalue weighted by Crippen LogP contribution is -2.26. The van der Waals surface area contributed by atoms with Gasteiger partial charge in [0.05, 0.1) is 18.5 Å². The molecule has 5 nitrogen and oxygen atoms in total. The first kappa shape index (κ1) is 19.2. The number of anilines is 2. The molecule has 26 heavy (non-hydrogen) atoms. The molecule has 2 aromatic rings. The normalized spacial score (nSPS) is 10.7. The highest BCUT2D eigenvalue weighted by atomic mass is 16.5. The largest absolute Gasteiger partial charge is 0.466 e.